The first-order chi connectivity index (χ1) is 10.6. The number of amides is 1. The lowest BCUT2D eigenvalue weighted by Gasteiger charge is -2.37. The first-order valence-corrected chi connectivity index (χ1v) is 9.16. The summed E-state index contributed by atoms with van der Waals surface area (Å²) in [5.74, 6) is 0.421. The summed E-state index contributed by atoms with van der Waals surface area (Å²) >= 11 is 1.83. The Bertz CT molecular complexity index is 492. The van der Waals surface area contributed by atoms with Gasteiger partial charge in [-0.15, -0.1) is 11.3 Å². The van der Waals surface area contributed by atoms with Crippen LogP contribution < -0.4 is 0 Å². The summed E-state index contributed by atoms with van der Waals surface area (Å²) in [4.78, 5) is 21.0. The molecule has 0 aliphatic carbocycles. The minimum Gasteiger partial charge on any atom is -0.341 e. The van der Waals surface area contributed by atoms with Crippen molar-refractivity contribution in [3.63, 3.8) is 0 Å². The molecule has 0 atom stereocenters. The van der Waals surface area contributed by atoms with Crippen molar-refractivity contribution in [2.24, 2.45) is 5.41 Å². The molecule has 1 aromatic rings. The predicted molar refractivity (Wildman–Crippen MR) is 91.0 cm³/mol. The van der Waals surface area contributed by atoms with Gasteiger partial charge in [-0.1, -0.05) is 6.07 Å². The number of thiophene rings is 1. The molecule has 2 aliphatic rings. The minimum atomic E-state index is -0.0434. The Hall–Kier alpha value is -0.910. The zero-order valence-corrected chi connectivity index (χ0v) is 14.6. The summed E-state index contributed by atoms with van der Waals surface area (Å²) in [6.07, 6.45) is 3.14. The third-order valence-electron chi connectivity index (χ3n) is 5.19. The van der Waals surface area contributed by atoms with Gasteiger partial charge in [0.2, 0.25) is 5.91 Å². The number of hydrogen-bond donors (Lipinski definition) is 0. The Balaban J connectivity index is 1.52. The minimum absolute atomic E-state index is 0.0434. The van der Waals surface area contributed by atoms with Gasteiger partial charge in [-0.3, -0.25) is 9.69 Å². The largest absolute Gasteiger partial charge is 0.341 e. The van der Waals surface area contributed by atoms with E-state index in [0.717, 1.165) is 58.5 Å². The summed E-state index contributed by atoms with van der Waals surface area (Å²) in [5.41, 5.74) is -0.0434. The molecule has 0 aromatic carbocycles. The second-order valence-electron chi connectivity index (χ2n) is 6.98. The number of hydrogen-bond acceptors (Lipinski definition) is 4. The first kappa shape index (κ1) is 16.0. The van der Waals surface area contributed by atoms with Crippen molar-refractivity contribution in [3.05, 3.63) is 22.4 Å². The maximum absolute atomic E-state index is 12.8. The molecule has 3 rings (SSSR count). The molecule has 1 spiro atoms. The van der Waals surface area contributed by atoms with Gasteiger partial charge < -0.3 is 9.80 Å². The summed E-state index contributed by atoms with van der Waals surface area (Å²) in [7, 11) is 4.14. The highest BCUT2D eigenvalue weighted by atomic mass is 32.1. The highest BCUT2D eigenvalue weighted by molar-refractivity contribution is 7.09. The van der Waals surface area contributed by atoms with Crippen LogP contribution in [-0.4, -0.2) is 67.4 Å². The number of likely N-dealkylation sites (tertiary alicyclic amines) is 2. The Morgan fingerprint density at radius 1 is 1.23 bits per heavy atom. The van der Waals surface area contributed by atoms with Crippen molar-refractivity contribution < 1.29 is 4.79 Å². The number of piperidine rings is 1. The lowest BCUT2D eigenvalue weighted by molar-refractivity contribution is -0.138. The fraction of sp³-hybridized carbons (Fsp3) is 0.706. The molecule has 2 fully saturated rings. The van der Waals surface area contributed by atoms with E-state index in [1.54, 1.807) is 0 Å². The van der Waals surface area contributed by atoms with E-state index in [1.165, 1.54) is 4.88 Å². The molecular weight excluding hydrogens is 294 g/mol. The SMILES string of the molecule is CN(C)CCN1CCC2(CCN(Cc3cccs3)CC2)C1=O. The third kappa shape index (κ3) is 3.36. The predicted octanol–water partition coefficient (Wildman–Crippen LogP) is 2.12. The Labute approximate surface area is 137 Å². The van der Waals surface area contributed by atoms with Crippen LogP contribution in [0.1, 0.15) is 24.1 Å². The van der Waals surface area contributed by atoms with Gasteiger partial charge >= 0.3 is 0 Å². The molecule has 3 heterocycles. The third-order valence-corrected chi connectivity index (χ3v) is 6.05. The number of likely N-dealkylation sites (N-methyl/N-ethyl adjacent to an activating group) is 1. The normalized spacial score (nSPS) is 22.1. The van der Waals surface area contributed by atoms with Crippen LogP contribution in [0, 0.1) is 5.41 Å². The highest BCUT2D eigenvalue weighted by Gasteiger charge is 2.47. The molecular formula is C17H27N3OS. The van der Waals surface area contributed by atoms with Crippen molar-refractivity contribution in [2.75, 3.05) is 46.8 Å². The van der Waals surface area contributed by atoms with Gasteiger partial charge in [0, 0.05) is 31.1 Å². The van der Waals surface area contributed by atoms with Gasteiger partial charge in [0.25, 0.3) is 0 Å². The van der Waals surface area contributed by atoms with Gasteiger partial charge in [-0.2, -0.15) is 0 Å². The molecule has 1 aromatic heterocycles. The van der Waals surface area contributed by atoms with Crippen molar-refractivity contribution in [2.45, 2.75) is 25.8 Å². The molecule has 0 saturated carbocycles. The molecule has 1 amide bonds. The molecule has 4 nitrogen and oxygen atoms in total. The van der Waals surface area contributed by atoms with Crippen LogP contribution >= 0.6 is 11.3 Å². The van der Waals surface area contributed by atoms with Crippen LogP contribution in [0.25, 0.3) is 0 Å². The molecule has 2 saturated heterocycles. The van der Waals surface area contributed by atoms with Gasteiger partial charge in [0.05, 0.1) is 5.41 Å². The maximum atomic E-state index is 12.8. The van der Waals surface area contributed by atoms with E-state index in [9.17, 15) is 4.79 Å². The van der Waals surface area contributed by atoms with Crippen molar-refractivity contribution in [1.82, 2.24) is 14.7 Å². The van der Waals surface area contributed by atoms with E-state index in [1.807, 2.05) is 11.3 Å². The van der Waals surface area contributed by atoms with E-state index in [4.69, 9.17) is 0 Å². The molecule has 0 bridgehead atoms. The molecule has 0 radical (unpaired) electrons. The molecule has 0 N–H and O–H groups in total. The molecule has 22 heavy (non-hydrogen) atoms. The fourth-order valence-corrected chi connectivity index (χ4v) is 4.40. The fourth-order valence-electron chi connectivity index (χ4n) is 3.65. The topological polar surface area (TPSA) is 26.8 Å². The quantitative estimate of drug-likeness (QED) is 0.831. The highest BCUT2D eigenvalue weighted by Crippen LogP contribution is 2.41. The van der Waals surface area contributed by atoms with Crippen molar-refractivity contribution in [3.8, 4) is 0 Å². The Morgan fingerprint density at radius 3 is 2.59 bits per heavy atom. The second kappa shape index (κ2) is 6.69. The average molecular weight is 321 g/mol. The molecule has 2 aliphatic heterocycles. The van der Waals surface area contributed by atoms with E-state index in [2.05, 4.69) is 46.3 Å². The van der Waals surface area contributed by atoms with Crippen LogP contribution in [0.2, 0.25) is 0 Å². The lowest BCUT2D eigenvalue weighted by atomic mass is 9.77. The van der Waals surface area contributed by atoms with Gasteiger partial charge in [0.15, 0.2) is 0 Å². The lowest BCUT2D eigenvalue weighted by Crippen LogP contribution is -2.45. The average Bonchev–Trinajstić information content (AvgIpc) is 3.10. The molecule has 0 unspecified atom stereocenters. The number of nitrogens with zero attached hydrogens (tertiary/aromatic N) is 3. The maximum Gasteiger partial charge on any atom is 0.228 e. The first-order valence-electron chi connectivity index (χ1n) is 8.28. The van der Waals surface area contributed by atoms with E-state index in [-0.39, 0.29) is 5.41 Å². The second-order valence-corrected chi connectivity index (χ2v) is 8.01. The molecule has 5 heteroatoms. The standard InChI is InChI=1S/C17H27N3OS/c1-18(2)11-12-20-10-7-17(16(20)21)5-8-19(9-6-17)14-15-4-3-13-22-15/h3-4,13H,5-12,14H2,1-2H3. The van der Waals surface area contributed by atoms with Crippen LogP contribution in [0.3, 0.4) is 0 Å². The number of carbonyl (C=O) groups is 1. The smallest absolute Gasteiger partial charge is 0.228 e. The van der Waals surface area contributed by atoms with Crippen molar-refractivity contribution in [1.29, 1.82) is 0 Å². The van der Waals surface area contributed by atoms with Gasteiger partial charge in [-0.25, -0.2) is 0 Å². The molecule has 122 valence electrons. The van der Waals surface area contributed by atoms with Gasteiger partial charge in [-0.05, 0) is 57.9 Å². The zero-order valence-electron chi connectivity index (χ0n) is 13.8. The summed E-state index contributed by atoms with van der Waals surface area (Å²) in [6, 6.07) is 4.33. The van der Waals surface area contributed by atoms with Crippen LogP contribution in [0.4, 0.5) is 0 Å². The zero-order chi connectivity index (χ0) is 15.6. The monoisotopic (exact) mass is 321 g/mol. The van der Waals surface area contributed by atoms with Crippen LogP contribution in [-0.2, 0) is 11.3 Å². The number of carbonyl (C=O) groups excluding carboxylic acids is 1. The van der Waals surface area contributed by atoms with E-state index >= 15 is 0 Å². The number of rotatable bonds is 5. The van der Waals surface area contributed by atoms with E-state index in [0.29, 0.717) is 5.91 Å². The Kier molecular flexibility index (Phi) is 4.85. The summed E-state index contributed by atoms with van der Waals surface area (Å²) in [5, 5.41) is 2.14. The van der Waals surface area contributed by atoms with Crippen LogP contribution in [0.15, 0.2) is 17.5 Å². The van der Waals surface area contributed by atoms with Crippen molar-refractivity contribution >= 4 is 17.2 Å². The Morgan fingerprint density at radius 2 is 1.95 bits per heavy atom. The van der Waals surface area contributed by atoms with Crippen LogP contribution in [0.5, 0.6) is 0 Å². The van der Waals surface area contributed by atoms with Gasteiger partial charge in [0.1, 0.15) is 0 Å². The van der Waals surface area contributed by atoms with E-state index < -0.39 is 0 Å². The summed E-state index contributed by atoms with van der Waals surface area (Å²) < 4.78 is 0. The summed E-state index contributed by atoms with van der Waals surface area (Å²) in [6.45, 7) is 5.97.